The Balaban J connectivity index is 1.64. The van der Waals surface area contributed by atoms with Gasteiger partial charge in [0.2, 0.25) is 0 Å². The van der Waals surface area contributed by atoms with Gasteiger partial charge in [-0.3, -0.25) is 24.4 Å². The lowest BCUT2D eigenvalue weighted by atomic mass is 10.1. The van der Waals surface area contributed by atoms with Crippen LogP contribution in [0.3, 0.4) is 0 Å². The average Bonchev–Trinajstić information content (AvgIpc) is 2.75. The molecule has 6 heteroatoms. The van der Waals surface area contributed by atoms with Crippen molar-refractivity contribution in [2.24, 2.45) is 7.05 Å². The Morgan fingerprint density at radius 3 is 2.80 bits per heavy atom. The number of ether oxygens (including phenoxy) is 1. The minimum Gasteiger partial charge on any atom is -0.379 e. The van der Waals surface area contributed by atoms with Crippen molar-refractivity contribution in [1.82, 2.24) is 19.6 Å². The van der Waals surface area contributed by atoms with Gasteiger partial charge >= 0.3 is 0 Å². The number of aryl methyl sites for hydroxylation is 1. The Hall–Kier alpha value is -1.11. The van der Waals surface area contributed by atoms with Gasteiger partial charge in [-0.05, 0) is 13.3 Å². The Morgan fingerprint density at radius 2 is 2.05 bits per heavy atom. The van der Waals surface area contributed by atoms with Crippen molar-refractivity contribution in [2.75, 3.05) is 39.4 Å². The summed E-state index contributed by atoms with van der Waals surface area (Å²) in [6.45, 7) is 8.98. The van der Waals surface area contributed by atoms with Gasteiger partial charge in [0.1, 0.15) is 0 Å². The van der Waals surface area contributed by atoms with E-state index in [2.05, 4.69) is 21.8 Å². The van der Waals surface area contributed by atoms with E-state index in [9.17, 15) is 4.79 Å². The molecule has 1 aromatic heterocycles. The molecule has 112 valence electrons. The zero-order valence-corrected chi connectivity index (χ0v) is 12.4. The molecule has 0 bridgehead atoms. The van der Waals surface area contributed by atoms with Crippen molar-refractivity contribution in [2.45, 2.75) is 25.9 Å². The minimum absolute atomic E-state index is 0.0861. The normalized spacial score (nSPS) is 22.7. The lowest BCUT2D eigenvalue weighted by Crippen LogP contribution is -2.47. The number of H-pyrrole nitrogens is 1. The van der Waals surface area contributed by atoms with Crippen LogP contribution in [0.15, 0.2) is 4.79 Å². The molecule has 1 N–H and O–H groups in total. The molecule has 3 heterocycles. The maximum absolute atomic E-state index is 11.8. The number of hydrogen-bond donors (Lipinski definition) is 1. The first-order valence-corrected chi connectivity index (χ1v) is 7.46. The quantitative estimate of drug-likeness (QED) is 0.832. The standard InChI is InChI=1S/C14H24N4O2/c1-11(9-17-5-7-20-8-6-17)18-4-3-12-13(10-18)16(2)15-14(12)19/h11H,3-10H2,1-2H3,(H,15,19). The fourth-order valence-electron chi connectivity index (χ4n) is 3.26. The molecule has 0 aromatic carbocycles. The summed E-state index contributed by atoms with van der Waals surface area (Å²) in [5.41, 5.74) is 2.21. The lowest BCUT2D eigenvalue weighted by Gasteiger charge is -2.36. The highest BCUT2D eigenvalue weighted by Crippen LogP contribution is 2.18. The molecular formula is C14H24N4O2. The summed E-state index contributed by atoms with van der Waals surface area (Å²) >= 11 is 0. The largest absolute Gasteiger partial charge is 0.379 e. The average molecular weight is 280 g/mol. The summed E-state index contributed by atoms with van der Waals surface area (Å²) in [6.07, 6.45) is 0.860. The number of hydrogen-bond acceptors (Lipinski definition) is 4. The maximum Gasteiger partial charge on any atom is 0.267 e. The monoisotopic (exact) mass is 280 g/mol. The zero-order valence-electron chi connectivity index (χ0n) is 12.4. The molecule has 0 saturated carbocycles. The second kappa shape index (κ2) is 5.71. The predicted molar refractivity (Wildman–Crippen MR) is 76.9 cm³/mol. The van der Waals surface area contributed by atoms with E-state index in [0.717, 1.165) is 63.6 Å². The third-order valence-electron chi connectivity index (χ3n) is 4.55. The van der Waals surface area contributed by atoms with Gasteiger partial charge in [0.15, 0.2) is 0 Å². The first kappa shape index (κ1) is 13.9. The summed E-state index contributed by atoms with van der Waals surface area (Å²) in [5, 5.41) is 2.87. The van der Waals surface area contributed by atoms with E-state index in [-0.39, 0.29) is 5.56 Å². The first-order chi connectivity index (χ1) is 9.65. The van der Waals surface area contributed by atoms with Crippen LogP contribution in [0.25, 0.3) is 0 Å². The molecule has 6 nitrogen and oxygen atoms in total. The van der Waals surface area contributed by atoms with Crippen molar-refractivity contribution in [3.63, 3.8) is 0 Å². The minimum atomic E-state index is 0.0861. The molecule has 1 saturated heterocycles. The molecule has 0 radical (unpaired) electrons. The van der Waals surface area contributed by atoms with Crippen LogP contribution in [-0.4, -0.2) is 65.0 Å². The molecule has 1 atom stereocenters. The van der Waals surface area contributed by atoms with Gasteiger partial charge < -0.3 is 4.74 Å². The lowest BCUT2D eigenvalue weighted by molar-refractivity contribution is 0.0227. The van der Waals surface area contributed by atoms with E-state index >= 15 is 0 Å². The topological polar surface area (TPSA) is 53.5 Å². The Kier molecular flexibility index (Phi) is 3.96. The molecule has 3 rings (SSSR count). The van der Waals surface area contributed by atoms with Gasteiger partial charge in [-0.25, -0.2) is 0 Å². The molecule has 0 aliphatic carbocycles. The van der Waals surface area contributed by atoms with Crippen LogP contribution in [0.1, 0.15) is 18.2 Å². The van der Waals surface area contributed by atoms with Crippen LogP contribution in [0, 0.1) is 0 Å². The molecule has 2 aliphatic heterocycles. The summed E-state index contributed by atoms with van der Waals surface area (Å²) in [4.78, 5) is 16.7. The van der Waals surface area contributed by atoms with E-state index in [4.69, 9.17) is 4.74 Å². The predicted octanol–water partition coefficient (Wildman–Crippen LogP) is -0.208. The number of aromatic nitrogens is 2. The van der Waals surface area contributed by atoms with E-state index in [1.165, 1.54) is 0 Å². The summed E-state index contributed by atoms with van der Waals surface area (Å²) in [7, 11) is 1.93. The van der Waals surface area contributed by atoms with Crippen molar-refractivity contribution >= 4 is 0 Å². The molecule has 20 heavy (non-hydrogen) atoms. The Labute approximate surface area is 119 Å². The fourth-order valence-corrected chi connectivity index (χ4v) is 3.26. The van der Waals surface area contributed by atoms with Crippen LogP contribution in [-0.2, 0) is 24.8 Å². The van der Waals surface area contributed by atoms with E-state index in [1.54, 1.807) is 0 Å². The fraction of sp³-hybridized carbons (Fsp3) is 0.786. The van der Waals surface area contributed by atoms with Crippen molar-refractivity contribution in [3.05, 3.63) is 21.6 Å². The van der Waals surface area contributed by atoms with Crippen molar-refractivity contribution < 1.29 is 4.74 Å². The Morgan fingerprint density at radius 1 is 1.30 bits per heavy atom. The maximum atomic E-state index is 11.8. The highest BCUT2D eigenvalue weighted by Gasteiger charge is 2.26. The smallest absolute Gasteiger partial charge is 0.267 e. The second-order valence-electron chi connectivity index (χ2n) is 5.91. The van der Waals surface area contributed by atoms with E-state index < -0.39 is 0 Å². The highest BCUT2D eigenvalue weighted by molar-refractivity contribution is 5.21. The molecule has 2 aliphatic rings. The second-order valence-corrected chi connectivity index (χ2v) is 5.91. The van der Waals surface area contributed by atoms with Crippen LogP contribution in [0.5, 0.6) is 0 Å². The van der Waals surface area contributed by atoms with Gasteiger partial charge in [-0.2, -0.15) is 0 Å². The van der Waals surface area contributed by atoms with Gasteiger partial charge in [0.25, 0.3) is 5.56 Å². The van der Waals surface area contributed by atoms with Crippen LogP contribution in [0.4, 0.5) is 0 Å². The molecule has 0 amide bonds. The summed E-state index contributed by atoms with van der Waals surface area (Å²) < 4.78 is 7.27. The van der Waals surface area contributed by atoms with Gasteiger partial charge in [0.05, 0.1) is 18.9 Å². The highest BCUT2D eigenvalue weighted by atomic mass is 16.5. The molecular weight excluding hydrogens is 256 g/mol. The van der Waals surface area contributed by atoms with Crippen molar-refractivity contribution in [1.29, 1.82) is 0 Å². The summed E-state index contributed by atoms with van der Waals surface area (Å²) in [6, 6.07) is 0.506. The van der Waals surface area contributed by atoms with Gasteiger partial charge in [0, 0.05) is 51.4 Å². The molecule has 1 unspecified atom stereocenters. The third-order valence-corrected chi connectivity index (χ3v) is 4.55. The third kappa shape index (κ3) is 2.68. The zero-order chi connectivity index (χ0) is 14.1. The summed E-state index contributed by atoms with van der Waals surface area (Å²) in [5.74, 6) is 0. The van der Waals surface area contributed by atoms with E-state index in [1.807, 2.05) is 11.7 Å². The number of nitrogens with zero attached hydrogens (tertiary/aromatic N) is 3. The number of morpholine rings is 1. The number of aromatic amines is 1. The molecule has 1 aromatic rings. The number of rotatable bonds is 3. The number of nitrogens with one attached hydrogen (secondary N) is 1. The van der Waals surface area contributed by atoms with E-state index in [0.29, 0.717) is 6.04 Å². The SMILES string of the molecule is CC(CN1CCOCC1)N1CCc2c(n(C)[nH]c2=O)C1. The molecule has 1 fully saturated rings. The first-order valence-electron chi connectivity index (χ1n) is 7.46. The Bertz CT molecular complexity index is 516. The van der Waals surface area contributed by atoms with Crippen molar-refractivity contribution in [3.8, 4) is 0 Å². The number of fused-ring (bicyclic) bond motifs is 1. The van der Waals surface area contributed by atoms with Crippen LogP contribution < -0.4 is 5.56 Å². The molecule has 0 spiro atoms. The van der Waals surface area contributed by atoms with Crippen LogP contribution in [0.2, 0.25) is 0 Å². The van der Waals surface area contributed by atoms with Crippen LogP contribution >= 0.6 is 0 Å². The van der Waals surface area contributed by atoms with Gasteiger partial charge in [-0.15, -0.1) is 0 Å². The van der Waals surface area contributed by atoms with Gasteiger partial charge in [-0.1, -0.05) is 0 Å².